The maximum absolute atomic E-state index is 13.3. The fourth-order valence-corrected chi connectivity index (χ4v) is 3.96. The average Bonchev–Trinajstić information content (AvgIpc) is 3.30. The van der Waals surface area contributed by atoms with Crippen molar-refractivity contribution in [3.63, 3.8) is 0 Å². The Morgan fingerprint density at radius 2 is 2.00 bits per heavy atom. The number of hydrogen-bond donors (Lipinski definition) is 3. The summed E-state index contributed by atoms with van der Waals surface area (Å²) < 4.78 is 13.3. The zero-order valence-corrected chi connectivity index (χ0v) is 21.0. The molecule has 6 nitrogen and oxygen atoms in total. The molecule has 0 unspecified atom stereocenters. The van der Waals surface area contributed by atoms with Gasteiger partial charge in [0.15, 0.2) is 5.78 Å². The number of H-pyrrole nitrogens is 1. The monoisotopic (exact) mass is 512 g/mol. The van der Waals surface area contributed by atoms with Crippen LogP contribution < -0.4 is 5.32 Å². The average molecular weight is 513 g/mol. The van der Waals surface area contributed by atoms with E-state index in [1.54, 1.807) is 18.5 Å². The SMILES string of the molecule is Cc1cccc([C@@H](CO)CC(=O)c2cc(-c3nc(Nc4ccc(F)cc4Cl)ncc3C)c[nH]2)c1.S. The van der Waals surface area contributed by atoms with E-state index >= 15 is 0 Å². The van der Waals surface area contributed by atoms with Crippen LogP contribution in [-0.4, -0.2) is 32.4 Å². The van der Waals surface area contributed by atoms with E-state index < -0.39 is 5.82 Å². The molecule has 3 N–H and O–H groups in total. The molecule has 1 atom stereocenters. The van der Waals surface area contributed by atoms with Crippen LogP contribution in [0.25, 0.3) is 11.3 Å². The highest BCUT2D eigenvalue weighted by molar-refractivity contribution is 7.59. The van der Waals surface area contributed by atoms with Crippen LogP contribution in [0.1, 0.15) is 39.5 Å². The number of anilines is 2. The first-order valence-corrected chi connectivity index (χ1v) is 11.2. The third-order valence-corrected chi connectivity index (χ3v) is 5.88. The number of hydrogen-bond acceptors (Lipinski definition) is 5. The number of aryl methyl sites for hydroxylation is 2. The van der Waals surface area contributed by atoms with Gasteiger partial charge in [0, 0.05) is 30.3 Å². The maximum atomic E-state index is 13.3. The lowest BCUT2D eigenvalue weighted by Crippen LogP contribution is -2.11. The summed E-state index contributed by atoms with van der Waals surface area (Å²) in [7, 11) is 0. The minimum Gasteiger partial charge on any atom is -0.396 e. The number of nitrogens with zero attached hydrogens (tertiary/aromatic N) is 2. The van der Waals surface area contributed by atoms with E-state index in [2.05, 4.69) is 20.3 Å². The molecule has 0 bridgehead atoms. The van der Waals surface area contributed by atoms with E-state index in [4.69, 9.17) is 11.6 Å². The summed E-state index contributed by atoms with van der Waals surface area (Å²) in [5.41, 5.74) is 5.13. The molecular formula is C26H26ClFN4O2S. The Balaban J connectivity index is 0.00000342. The van der Waals surface area contributed by atoms with Crippen LogP contribution in [0.15, 0.2) is 60.9 Å². The van der Waals surface area contributed by atoms with Gasteiger partial charge in [-0.1, -0.05) is 41.4 Å². The summed E-state index contributed by atoms with van der Waals surface area (Å²) in [6, 6.07) is 13.6. The molecule has 0 aliphatic heterocycles. The van der Waals surface area contributed by atoms with Gasteiger partial charge in [-0.2, -0.15) is 13.5 Å². The lowest BCUT2D eigenvalue weighted by atomic mass is 9.92. The van der Waals surface area contributed by atoms with Crippen LogP contribution in [0.4, 0.5) is 16.0 Å². The van der Waals surface area contributed by atoms with E-state index in [1.165, 1.54) is 18.2 Å². The Kier molecular flexibility index (Phi) is 8.67. The van der Waals surface area contributed by atoms with Crippen molar-refractivity contribution in [1.29, 1.82) is 0 Å². The van der Waals surface area contributed by atoms with Gasteiger partial charge in [0.2, 0.25) is 5.95 Å². The van der Waals surface area contributed by atoms with Gasteiger partial charge < -0.3 is 15.4 Å². The van der Waals surface area contributed by atoms with Crippen LogP contribution in [-0.2, 0) is 0 Å². The highest BCUT2D eigenvalue weighted by atomic mass is 35.5. The quantitative estimate of drug-likeness (QED) is 0.249. The first kappa shape index (κ1) is 26.4. The molecule has 0 saturated heterocycles. The van der Waals surface area contributed by atoms with Crippen molar-refractivity contribution < 1.29 is 14.3 Å². The van der Waals surface area contributed by atoms with Gasteiger partial charge in [0.25, 0.3) is 0 Å². The van der Waals surface area contributed by atoms with Gasteiger partial charge >= 0.3 is 0 Å². The van der Waals surface area contributed by atoms with E-state index in [0.717, 1.165) is 22.3 Å². The second-order valence-corrected chi connectivity index (χ2v) is 8.60. The van der Waals surface area contributed by atoms with E-state index in [1.807, 2.05) is 38.1 Å². The minimum atomic E-state index is -0.434. The number of nitrogens with one attached hydrogen (secondary N) is 2. The van der Waals surface area contributed by atoms with Gasteiger partial charge in [0.1, 0.15) is 5.82 Å². The van der Waals surface area contributed by atoms with Crippen LogP contribution in [0, 0.1) is 19.7 Å². The van der Waals surface area contributed by atoms with Crippen molar-refractivity contribution in [2.24, 2.45) is 0 Å². The van der Waals surface area contributed by atoms with E-state index in [0.29, 0.717) is 23.0 Å². The van der Waals surface area contributed by atoms with Gasteiger partial charge in [-0.05, 0) is 49.2 Å². The van der Waals surface area contributed by atoms with Gasteiger partial charge in [-0.15, -0.1) is 0 Å². The number of aromatic amines is 1. The Bertz CT molecular complexity index is 1340. The third-order valence-electron chi connectivity index (χ3n) is 5.57. The van der Waals surface area contributed by atoms with Crippen LogP contribution in [0.5, 0.6) is 0 Å². The van der Waals surface area contributed by atoms with Crippen molar-refractivity contribution in [2.75, 3.05) is 11.9 Å². The van der Waals surface area contributed by atoms with E-state index in [9.17, 15) is 14.3 Å². The Morgan fingerprint density at radius 3 is 2.71 bits per heavy atom. The van der Waals surface area contributed by atoms with Gasteiger partial charge in [-0.25, -0.2) is 14.4 Å². The molecule has 4 aromatic rings. The Labute approximate surface area is 215 Å². The molecule has 9 heteroatoms. The van der Waals surface area contributed by atoms with Crippen LogP contribution >= 0.6 is 25.1 Å². The lowest BCUT2D eigenvalue weighted by Gasteiger charge is -2.14. The summed E-state index contributed by atoms with van der Waals surface area (Å²) in [5.74, 6) is -0.523. The Hall–Kier alpha value is -3.20. The molecule has 0 radical (unpaired) electrons. The third kappa shape index (κ3) is 6.28. The number of rotatable bonds is 8. The van der Waals surface area contributed by atoms with Crippen molar-refractivity contribution in [2.45, 2.75) is 26.2 Å². The number of carbonyl (C=O) groups excluding carboxylic acids is 1. The molecule has 4 rings (SSSR count). The Morgan fingerprint density at radius 1 is 1.20 bits per heavy atom. The molecule has 0 aliphatic rings. The number of halogens is 2. The molecule has 0 saturated carbocycles. The number of carbonyl (C=O) groups is 1. The predicted octanol–water partition coefficient (Wildman–Crippen LogP) is 6.09. The molecular weight excluding hydrogens is 487 g/mol. The molecule has 35 heavy (non-hydrogen) atoms. The number of aliphatic hydroxyl groups is 1. The number of Topliss-reactive ketones (excluding diaryl/α,β-unsaturated/α-hetero) is 1. The van der Waals surface area contributed by atoms with Crippen LogP contribution in [0.3, 0.4) is 0 Å². The summed E-state index contributed by atoms with van der Waals surface area (Å²) in [4.78, 5) is 24.8. The number of benzene rings is 2. The fourth-order valence-electron chi connectivity index (χ4n) is 3.74. The topological polar surface area (TPSA) is 90.9 Å². The summed E-state index contributed by atoms with van der Waals surface area (Å²) in [6.45, 7) is 3.74. The minimum absolute atomic E-state index is 0. The molecule has 0 spiro atoms. The first-order valence-electron chi connectivity index (χ1n) is 10.8. The summed E-state index contributed by atoms with van der Waals surface area (Å²) in [6.07, 6.45) is 3.56. The molecule has 2 heterocycles. The van der Waals surface area contributed by atoms with Crippen molar-refractivity contribution in [3.8, 4) is 11.3 Å². The zero-order valence-electron chi connectivity index (χ0n) is 19.3. The smallest absolute Gasteiger partial charge is 0.227 e. The molecule has 0 amide bonds. The van der Waals surface area contributed by atoms with Crippen molar-refractivity contribution in [1.82, 2.24) is 15.0 Å². The largest absolute Gasteiger partial charge is 0.396 e. The van der Waals surface area contributed by atoms with Crippen molar-refractivity contribution >= 4 is 42.5 Å². The zero-order chi connectivity index (χ0) is 24.2. The molecule has 0 aliphatic carbocycles. The van der Waals surface area contributed by atoms with Crippen LogP contribution in [0.2, 0.25) is 5.02 Å². The first-order chi connectivity index (χ1) is 16.3. The summed E-state index contributed by atoms with van der Waals surface area (Å²) in [5, 5.41) is 13.1. The van der Waals surface area contributed by atoms with Gasteiger partial charge in [-0.3, -0.25) is 4.79 Å². The molecule has 0 fully saturated rings. The number of ketones is 1. The normalized spacial score (nSPS) is 11.6. The second kappa shape index (κ2) is 11.5. The molecule has 182 valence electrons. The lowest BCUT2D eigenvalue weighted by molar-refractivity contribution is 0.0955. The van der Waals surface area contributed by atoms with Gasteiger partial charge in [0.05, 0.1) is 28.7 Å². The van der Waals surface area contributed by atoms with Crippen molar-refractivity contribution in [3.05, 3.63) is 94.1 Å². The molecule has 2 aromatic carbocycles. The maximum Gasteiger partial charge on any atom is 0.227 e. The highest BCUT2D eigenvalue weighted by Crippen LogP contribution is 2.28. The summed E-state index contributed by atoms with van der Waals surface area (Å²) >= 11 is 6.09. The predicted molar refractivity (Wildman–Crippen MR) is 142 cm³/mol. The second-order valence-electron chi connectivity index (χ2n) is 8.20. The van der Waals surface area contributed by atoms with E-state index in [-0.39, 0.29) is 43.2 Å². The standard InChI is InChI=1S/C26H24ClFN4O2.H2S/c1-15-4-3-5-17(8-15)19(14-33)10-24(34)23-9-18(13-29-23)25-16(2)12-30-26(32-25)31-22-7-6-20(28)11-21(22)27;/h3-9,11-13,19,29,33H,10,14H2,1-2H3,(H,30,31,32);1H2/t19-;/m1./s1. The number of aliphatic hydroxyl groups excluding tert-OH is 1. The number of aromatic nitrogens is 3. The fraction of sp³-hybridized carbons (Fsp3) is 0.192. The molecule has 2 aromatic heterocycles. The highest BCUT2D eigenvalue weighted by Gasteiger charge is 2.19.